The summed E-state index contributed by atoms with van der Waals surface area (Å²) in [6.45, 7) is 12.4. The molecule has 0 saturated heterocycles. The first-order valence-electron chi connectivity index (χ1n) is 6.76. The molecule has 17 heavy (non-hydrogen) atoms. The molecular formula is C15H28N2. The highest BCUT2D eigenvalue weighted by molar-refractivity contribution is 5.44. The molecule has 0 aliphatic carbocycles. The maximum absolute atomic E-state index is 4.04. The van der Waals surface area contributed by atoms with E-state index in [9.17, 15) is 0 Å². The van der Waals surface area contributed by atoms with Crippen LogP contribution in [0.3, 0.4) is 0 Å². The van der Waals surface area contributed by atoms with Crippen LogP contribution in [-0.2, 0) is 0 Å². The fourth-order valence-corrected chi connectivity index (χ4v) is 0.866. The fraction of sp³-hybridized carbons (Fsp3) is 0.533. The van der Waals surface area contributed by atoms with Gasteiger partial charge in [0, 0.05) is 12.4 Å². The molecule has 2 nitrogen and oxygen atoms in total. The van der Waals surface area contributed by atoms with E-state index in [-0.39, 0.29) is 0 Å². The number of rotatable bonds is 1. The minimum Gasteiger partial charge on any atom is -0.241 e. The van der Waals surface area contributed by atoms with E-state index in [1.54, 1.807) is 6.20 Å². The van der Waals surface area contributed by atoms with E-state index in [1.807, 2.05) is 62.7 Å². The van der Waals surface area contributed by atoms with Crippen LogP contribution in [0.4, 0.5) is 0 Å². The zero-order valence-corrected chi connectivity index (χ0v) is 12.3. The lowest BCUT2D eigenvalue weighted by atomic mass is 10.4. The van der Waals surface area contributed by atoms with Crippen molar-refractivity contribution in [2.75, 3.05) is 0 Å². The Kier molecular flexibility index (Phi) is 15.6. The highest BCUT2D eigenvalue weighted by Crippen LogP contribution is 1.98. The average molecular weight is 236 g/mol. The molecule has 0 aromatic carbocycles. The maximum atomic E-state index is 4.04. The van der Waals surface area contributed by atoms with Gasteiger partial charge in [0.15, 0.2) is 0 Å². The van der Waals surface area contributed by atoms with Crippen LogP contribution in [-0.4, -0.2) is 9.61 Å². The number of hydrogen-bond acceptors (Lipinski definition) is 1. The van der Waals surface area contributed by atoms with Crippen LogP contribution in [0.5, 0.6) is 0 Å². The summed E-state index contributed by atoms with van der Waals surface area (Å²) in [7, 11) is 0. The Balaban J connectivity index is 0. The van der Waals surface area contributed by atoms with Gasteiger partial charge in [0.1, 0.15) is 0 Å². The van der Waals surface area contributed by atoms with Crippen molar-refractivity contribution in [3.05, 3.63) is 36.7 Å². The predicted molar refractivity (Wildman–Crippen MR) is 78.5 cm³/mol. The summed E-state index contributed by atoms with van der Waals surface area (Å²) in [5.41, 5.74) is 1.14. The van der Waals surface area contributed by atoms with E-state index in [0.717, 1.165) is 5.52 Å². The summed E-state index contributed by atoms with van der Waals surface area (Å²) >= 11 is 0. The molecule has 0 spiro atoms. The van der Waals surface area contributed by atoms with E-state index in [2.05, 4.69) is 18.9 Å². The molecule has 0 saturated carbocycles. The maximum Gasteiger partial charge on any atom is 0.0661 e. The molecule has 2 rings (SSSR count). The number of nitrogens with zero attached hydrogens (tertiary/aromatic N) is 2. The zero-order valence-electron chi connectivity index (χ0n) is 12.3. The molecule has 2 aromatic heterocycles. The third-order valence-electron chi connectivity index (χ3n) is 1.81. The Hall–Kier alpha value is -1.31. The topological polar surface area (TPSA) is 17.3 Å². The fourth-order valence-electron chi connectivity index (χ4n) is 0.866. The van der Waals surface area contributed by atoms with Crippen LogP contribution in [0.1, 0.15) is 54.4 Å². The number of aromatic nitrogens is 2. The van der Waals surface area contributed by atoms with E-state index >= 15 is 0 Å². The Morgan fingerprint density at radius 2 is 1.53 bits per heavy atom. The molecule has 0 N–H and O–H groups in total. The lowest BCUT2D eigenvalue weighted by Crippen LogP contribution is -1.81. The third-order valence-corrected chi connectivity index (χ3v) is 1.81. The number of fused-ring (bicyclic) bond motifs is 1. The summed E-state index contributed by atoms with van der Waals surface area (Å²) in [5.74, 6) is 0. The van der Waals surface area contributed by atoms with E-state index in [4.69, 9.17) is 0 Å². The summed E-state index contributed by atoms with van der Waals surface area (Å²) in [5, 5.41) is 4.04. The quantitative estimate of drug-likeness (QED) is 0.665. The number of hydrogen-bond donors (Lipinski definition) is 0. The second-order valence-corrected chi connectivity index (χ2v) is 2.90. The minimum absolute atomic E-state index is 1.14. The van der Waals surface area contributed by atoms with Crippen molar-refractivity contribution in [3.8, 4) is 0 Å². The van der Waals surface area contributed by atoms with Crippen molar-refractivity contribution in [1.29, 1.82) is 0 Å². The largest absolute Gasteiger partial charge is 0.241 e. The Morgan fingerprint density at radius 3 is 2.00 bits per heavy atom. The SMILES string of the molecule is CC.CC.CCCC.c1ccn2nccc2c1. The van der Waals surface area contributed by atoms with Gasteiger partial charge in [0.2, 0.25) is 0 Å². The smallest absolute Gasteiger partial charge is 0.0661 e. The second kappa shape index (κ2) is 14.7. The molecule has 0 radical (unpaired) electrons. The first-order chi connectivity index (χ1) is 8.38. The molecule has 0 aliphatic heterocycles. The molecule has 98 valence electrons. The van der Waals surface area contributed by atoms with Crippen LogP contribution in [0.15, 0.2) is 36.7 Å². The van der Waals surface area contributed by atoms with Gasteiger partial charge in [0.05, 0.1) is 5.52 Å². The van der Waals surface area contributed by atoms with Crippen LogP contribution < -0.4 is 0 Å². The molecular weight excluding hydrogens is 208 g/mol. The number of unbranched alkanes of at least 4 members (excludes halogenated alkanes) is 1. The molecule has 0 amide bonds. The van der Waals surface area contributed by atoms with E-state index < -0.39 is 0 Å². The van der Waals surface area contributed by atoms with E-state index in [1.165, 1.54) is 12.8 Å². The average Bonchev–Trinajstić information content (AvgIpc) is 2.92. The first kappa shape index (κ1) is 18.1. The van der Waals surface area contributed by atoms with Crippen LogP contribution >= 0.6 is 0 Å². The van der Waals surface area contributed by atoms with E-state index in [0.29, 0.717) is 0 Å². The molecule has 2 heterocycles. The van der Waals surface area contributed by atoms with Crippen LogP contribution in [0.2, 0.25) is 0 Å². The van der Waals surface area contributed by atoms with Crippen molar-refractivity contribution in [3.63, 3.8) is 0 Å². The van der Waals surface area contributed by atoms with Crippen molar-refractivity contribution < 1.29 is 0 Å². The molecule has 0 bridgehead atoms. The highest BCUT2D eigenvalue weighted by Gasteiger charge is 1.85. The van der Waals surface area contributed by atoms with Gasteiger partial charge in [-0.25, -0.2) is 4.52 Å². The molecule has 0 unspecified atom stereocenters. The zero-order chi connectivity index (χ0) is 13.5. The lowest BCUT2D eigenvalue weighted by Gasteiger charge is -1.86. The van der Waals surface area contributed by atoms with Gasteiger partial charge in [-0.1, -0.05) is 60.5 Å². The van der Waals surface area contributed by atoms with Crippen molar-refractivity contribution in [1.82, 2.24) is 9.61 Å². The van der Waals surface area contributed by atoms with Crippen molar-refractivity contribution in [2.45, 2.75) is 54.4 Å². The van der Waals surface area contributed by atoms with Gasteiger partial charge in [-0.3, -0.25) is 0 Å². The Bertz CT molecular complexity index is 307. The Labute approximate surface area is 107 Å². The van der Waals surface area contributed by atoms with Gasteiger partial charge in [-0.2, -0.15) is 5.10 Å². The Morgan fingerprint density at radius 1 is 0.941 bits per heavy atom. The standard InChI is InChI=1S/C7H6N2.C4H10.2C2H6/c1-2-6-9-7(3-1)4-5-8-9;1-3-4-2;2*1-2/h1-6H;3-4H2,1-2H3;2*1-2H3. The molecule has 0 aliphatic rings. The summed E-state index contributed by atoms with van der Waals surface area (Å²) < 4.78 is 1.83. The minimum atomic E-state index is 1.14. The lowest BCUT2D eigenvalue weighted by molar-refractivity contribution is 0.886. The summed E-state index contributed by atoms with van der Waals surface area (Å²) in [4.78, 5) is 0. The van der Waals surface area contributed by atoms with Gasteiger partial charge in [0.25, 0.3) is 0 Å². The first-order valence-corrected chi connectivity index (χ1v) is 6.76. The van der Waals surface area contributed by atoms with Gasteiger partial charge in [-0.05, 0) is 18.2 Å². The van der Waals surface area contributed by atoms with Crippen LogP contribution in [0.25, 0.3) is 5.52 Å². The molecule has 2 heteroatoms. The third kappa shape index (κ3) is 8.49. The predicted octanol–water partition coefficient (Wildman–Crippen LogP) is 5.19. The summed E-state index contributed by atoms with van der Waals surface area (Å²) in [6.07, 6.45) is 6.35. The van der Waals surface area contributed by atoms with Gasteiger partial charge >= 0.3 is 0 Å². The monoisotopic (exact) mass is 236 g/mol. The molecule has 0 fully saturated rings. The van der Waals surface area contributed by atoms with Gasteiger partial charge < -0.3 is 0 Å². The second-order valence-electron chi connectivity index (χ2n) is 2.90. The van der Waals surface area contributed by atoms with Gasteiger partial charge in [-0.15, -0.1) is 0 Å². The number of pyridine rings is 1. The molecule has 2 aromatic rings. The molecule has 0 atom stereocenters. The summed E-state index contributed by atoms with van der Waals surface area (Å²) in [6, 6.07) is 7.95. The van der Waals surface area contributed by atoms with Crippen LogP contribution in [0, 0.1) is 0 Å². The van der Waals surface area contributed by atoms with Crippen molar-refractivity contribution >= 4 is 5.52 Å². The van der Waals surface area contributed by atoms with Crippen molar-refractivity contribution in [2.24, 2.45) is 0 Å². The highest BCUT2D eigenvalue weighted by atomic mass is 15.2. The normalized spacial score (nSPS) is 7.88.